The highest BCUT2D eigenvalue weighted by molar-refractivity contribution is 6.32. The third-order valence-electron chi connectivity index (χ3n) is 3.18. The van der Waals surface area contributed by atoms with Crippen LogP contribution >= 0.6 is 11.6 Å². The Morgan fingerprint density at radius 3 is 2.46 bits per heavy atom. The number of benzene rings is 2. The molecule has 138 valence electrons. The maximum atomic E-state index is 12.4. The molecule has 0 saturated carbocycles. The fourth-order valence-corrected chi connectivity index (χ4v) is 2.29. The predicted octanol–water partition coefficient (Wildman–Crippen LogP) is 4.22. The van der Waals surface area contributed by atoms with Gasteiger partial charge in [-0.15, -0.1) is 0 Å². The van der Waals surface area contributed by atoms with E-state index in [0.29, 0.717) is 5.56 Å². The highest BCUT2D eigenvalue weighted by Crippen LogP contribution is 2.37. The van der Waals surface area contributed by atoms with Gasteiger partial charge in [-0.05, 0) is 29.8 Å². The number of rotatable bonds is 7. The maximum absolute atomic E-state index is 12.4. The van der Waals surface area contributed by atoms with E-state index >= 15 is 0 Å². The third kappa shape index (κ3) is 4.79. The number of ether oxygens (including phenoxy) is 3. The van der Waals surface area contributed by atoms with Gasteiger partial charge in [0.2, 0.25) is 0 Å². The molecule has 0 fully saturated rings. The van der Waals surface area contributed by atoms with Gasteiger partial charge in [0.25, 0.3) is 5.69 Å². The molecule has 0 bridgehead atoms. The molecule has 0 N–H and O–H groups in total. The molecule has 0 atom stereocenters. The lowest BCUT2D eigenvalue weighted by Crippen LogP contribution is -2.07. The zero-order valence-corrected chi connectivity index (χ0v) is 14.0. The average molecular weight is 388 g/mol. The van der Waals surface area contributed by atoms with Crippen LogP contribution in [-0.2, 0) is 11.3 Å². The molecule has 2 aromatic carbocycles. The van der Waals surface area contributed by atoms with E-state index in [1.165, 1.54) is 43.5 Å². The highest BCUT2D eigenvalue weighted by atomic mass is 35.5. The lowest BCUT2D eigenvalue weighted by atomic mass is 10.2. The molecule has 0 amide bonds. The molecule has 0 unspecified atom stereocenters. The molecular formula is C16H12ClF2NO6. The Bertz CT molecular complexity index is 813. The van der Waals surface area contributed by atoms with E-state index in [0.717, 1.165) is 0 Å². The topological polar surface area (TPSA) is 87.9 Å². The van der Waals surface area contributed by atoms with Crippen molar-refractivity contribution in [2.45, 2.75) is 13.2 Å². The van der Waals surface area contributed by atoms with Gasteiger partial charge in [-0.1, -0.05) is 11.6 Å². The van der Waals surface area contributed by atoms with Crippen LogP contribution in [0, 0.1) is 10.1 Å². The summed E-state index contributed by atoms with van der Waals surface area (Å²) in [5.41, 5.74) is 0.336. The molecule has 0 saturated heterocycles. The number of carbonyl (C=O) groups excluding carboxylic acids is 1. The van der Waals surface area contributed by atoms with Crippen LogP contribution in [0.15, 0.2) is 36.4 Å². The molecule has 0 aliphatic heterocycles. The number of nitro benzene ring substituents is 1. The molecule has 7 nitrogen and oxygen atoms in total. The Labute approximate surface area is 151 Å². The van der Waals surface area contributed by atoms with E-state index in [1.54, 1.807) is 0 Å². The van der Waals surface area contributed by atoms with Gasteiger partial charge in [-0.3, -0.25) is 10.1 Å². The van der Waals surface area contributed by atoms with Crippen molar-refractivity contribution in [3.05, 3.63) is 62.7 Å². The zero-order chi connectivity index (χ0) is 19.3. The van der Waals surface area contributed by atoms with Crippen molar-refractivity contribution in [1.82, 2.24) is 0 Å². The van der Waals surface area contributed by atoms with Crippen molar-refractivity contribution < 1.29 is 32.7 Å². The Morgan fingerprint density at radius 1 is 1.27 bits per heavy atom. The number of hydrogen-bond donors (Lipinski definition) is 0. The van der Waals surface area contributed by atoms with E-state index < -0.39 is 17.5 Å². The largest absolute Gasteiger partial charge is 0.493 e. The first-order chi connectivity index (χ1) is 12.3. The zero-order valence-electron chi connectivity index (χ0n) is 13.3. The monoisotopic (exact) mass is 387 g/mol. The van der Waals surface area contributed by atoms with E-state index in [9.17, 15) is 23.7 Å². The summed E-state index contributed by atoms with van der Waals surface area (Å²) in [7, 11) is 1.25. The minimum absolute atomic E-state index is 0.0424. The third-order valence-corrected chi connectivity index (χ3v) is 3.46. The lowest BCUT2D eigenvalue weighted by Gasteiger charge is -2.13. The molecule has 2 rings (SSSR count). The number of nitrogens with zero attached hydrogens (tertiary/aromatic N) is 1. The first-order valence-electron chi connectivity index (χ1n) is 7.04. The summed E-state index contributed by atoms with van der Waals surface area (Å²) in [5.74, 6) is -1.09. The van der Waals surface area contributed by atoms with Crippen molar-refractivity contribution in [2.24, 2.45) is 0 Å². The van der Waals surface area contributed by atoms with Crippen LogP contribution in [0.2, 0.25) is 5.02 Å². The normalized spacial score (nSPS) is 10.5. The minimum Gasteiger partial charge on any atom is -0.493 e. The summed E-state index contributed by atoms with van der Waals surface area (Å²) < 4.78 is 39.1. The van der Waals surface area contributed by atoms with E-state index in [-0.39, 0.29) is 34.4 Å². The van der Waals surface area contributed by atoms with Crippen molar-refractivity contribution in [1.29, 1.82) is 0 Å². The summed E-state index contributed by atoms with van der Waals surface area (Å²) in [6.07, 6.45) is 0. The summed E-state index contributed by atoms with van der Waals surface area (Å²) in [6, 6.07) is 7.50. The van der Waals surface area contributed by atoms with Gasteiger partial charge >= 0.3 is 12.6 Å². The van der Waals surface area contributed by atoms with Gasteiger partial charge in [-0.2, -0.15) is 8.78 Å². The summed E-state index contributed by atoms with van der Waals surface area (Å²) >= 11 is 5.89. The number of methoxy groups -OCH3 is 1. The number of non-ortho nitro benzene ring substituents is 1. The second-order valence-corrected chi connectivity index (χ2v) is 5.27. The fourth-order valence-electron chi connectivity index (χ4n) is 2.01. The van der Waals surface area contributed by atoms with Gasteiger partial charge in [0.1, 0.15) is 6.61 Å². The van der Waals surface area contributed by atoms with Crippen LogP contribution in [-0.4, -0.2) is 24.6 Å². The summed E-state index contributed by atoms with van der Waals surface area (Å²) in [6.45, 7) is -3.30. The van der Waals surface area contributed by atoms with E-state index in [1.807, 2.05) is 0 Å². The first kappa shape index (κ1) is 19.4. The molecule has 10 heteroatoms. The molecule has 0 aliphatic rings. The Hall–Kier alpha value is -2.94. The molecule has 0 radical (unpaired) electrons. The van der Waals surface area contributed by atoms with Gasteiger partial charge in [-0.25, -0.2) is 4.79 Å². The van der Waals surface area contributed by atoms with Crippen molar-refractivity contribution >= 4 is 23.3 Å². The SMILES string of the molecule is COc1cc(COC(=O)c2ccc([N+](=O)[O-])cc2)cc(Cl)c1OC(F)F. The van der Waals surface area contributed by atoms with Gasteiger partial charge in [0.15, 0.2) is 11.5 Å². The Morgan fingerprint density at radius 2 is 1.92 bits per heavy atom. The van der Waals surface area contributed by atoms with Crippen LogP contribution in [0.25, 0.3) is 0 Å². The van der Waals surface area contributed by atoms with Crippen molar-refractivity contribution in [2.75, 3.05) is 7.11 Å². The standard InChI is InChI=1S/C16H12ClF2NO6/c1-24-13-7-9(6-12(17)14(13)26-16(18)19)8-25-15(21)10-2-4-11(5-3-10)20(22)23/h2-7,16H,8H2,1H3. The van der Waals surface area contributed by atoms with E-state index in [4.69, 9.17) is 21.1 Å². The lowest BCUT2D eigenvalue weighted by molar-refractivity contribution is -0.384. The molecule has 26 heavy (non-hydrogen) atoms. The van der Waals surface area contributed by atoms with Crippen molar-refractivity contribution in [3.8, 4) is 11.5 Å². The van der Waals surface area contributed by atoms with Crippen LogP contribution in [0.5, 0.6) is 11.5 Å². The van der Waals surface area contributed by atoms with Gasteiger partial charge in [0.05, 0.1) is 22.6 Å². The number of alkyl halides is 2. The van der Waals surface area contributed by atoms with Crippen molar-refractivity contribution in [3.63, 3.8) is 0 Å². The molecule has 0 heterocycles. The number of hydrogen-bond acceptors (Lipinski definition) is 6. The second kappa shape index (κ2) is 8.43. The molecule has 0 aliphatic carbocycles. The predicted molar refractivity (Wildman–Crippen MR) is 86.9 cm³/mol. The number of halogens is 3. The summed E-state index contributed by atoms with van der Waals surface area (Å²) in [5, 5.41) is 10.5. The number of esters is 1. The smallest absolute Gasteiger partial charge is 0.387 e. The van der Waals surface area contributed by atoms with E-state index in [2.05, 4.69) is 4.74 Å². The maximum Gasteiger partial charge on any atom is 0.387 e. The van der Waals surface area contributed by atoms with Crippen LogP contribution in [0.1, 0.15) is 15.9 Å². The average Bonchev–Trinajstić information content (AvgIpc) is 2.61. The number of carbonyl (C=O) groups is 1. The molecule has 2 aromatic rings. The molecular weight excluding hydrogens is 376 g/mol. The molecule has 0 aromatic heterocycles. The molecule has 0 spiro atoms. The second-order valence-electron chi connectivity index (χ2n) is 4.87. The number of nitro groups is 1. The van der Waals surface area contributed by atoms with Crippen LogP contribution in [0.3, 0.4) is 0 Å². The van der Waals surface area contributed by atoms with Gasteiger partial charge in [0, 0.05) is 12.1 Å². The minimum atomic E-state index is -3.08. The first-order valence-corrected chi connectivity index (χ1v) is 7.42. The Kier molecular flexibility index (Phi) is 6.29. The van der Waals surface area contributed by atoms with Crippen LogP contribution in [0.4, 0.5) is 14.5 Å². The summed E-state index contributed by atoms with van der Waals surface area (Å²) in [4.78, 5) is 22.0. The van der Waals surface area contributed by atoms with Gasteiger partial charge < -0.3 is 14.2 Å². The quantitative estimate of drug-likeness (QED) is 0.401. The fraction of sp³-hybridized carbons (Fsp3) is 0.188. The highest BCUT2D eigenvalue weighted by Gasteiger charge is 2.17. The van der Waals surface area contributed by atoms with Crippen LogP contribution < -0.4 is 9.47 Å². The Balaban J connectivity index is 2.10.